The topological polar surface area (TPSA) is 80.9 Å². The van der Waals surface area contributed by atoms with Gasteiger partial charge in [0.05, 0.1) is 39.2 Å². The predicted molar refractivity (Wildman–Crippen MR) is 192 cm³/mol. The van der Waals surface area contributed by atoms with Gasteiger partial charge in [-0.2, -0.15) is 0 Å². The highest BCUT2D eigenvalue weighted by molar-refractivity contribution is 8.01. The van der Waals surface area contributed by atoms with Crippen LogP contribution in [0.15, 0.2) is 87.7 Å². The fourth-order valence-electron chi connectivity index (χ4n) is 5.73. The van der Waals surface area contributed by atoms with Gasteiger partial charge in [-0.05, 0) is 92.4 Å². The first kappa shape index (κ1) is 33.4. The molecule has 8 heteroatoms. The maximum atomic E-state index is 11.9. The third-order valence-electron chi connectivity index (χ3n) is 9.78. The summed E-state index contributed by atoms with van der Waals surface area (Å²) in [5.41, 5.74) is 2.82. The number of aromatic hydroxyl groups is 4. The molecule has 0 saturated carbocycles. The maximum Gasteiger partial charge on any atom is 0.143 e. The quantitative estimate of drug-likeness (QED) is 0.128. The van der Waals surface area contributed by atoms with Crippen molar-refractivity contribution in [3.05, 3.63) is 70.8 Å². The Labute approximate surface area is 289 Å². The fourth-order valence-corrected chi connectivity index (χ4v) is 10.1. The van der Waals surface area contributed by atoms with E-state index in [1.807, 2.05) is 48.5 Å². The van der Waals surface area contributed by atoms with Crippen LogP contribution in [0, 0.1) is 0 Å². The maximum absolute atomic E-state index is 11.9. The van der Waals surface area contributed by atoms with Crippen LogP contribution < -0.4 is 0 Å². The van der Waals surface area contributed by atoms with Gasteiger partial charge in [0, 0.05) is 0 Å². The van der Waals surface area contributed by atoms with E-state index in [1.165, 1.54) is 47.0 Å². The lowest BCUT2D eigenvalue weighted by atomic mass is 9.61. The fraction of sp³-hybridized carbons (Fsp3) is 0.368. The van der Waals surface area contributed by atoms with E-state index in [1.54, 1.807) is 0 Å². The minimum Gasteiger partial charge on any atom is -0.506 e. The molecule has 4 aromatic rings. The SMILES string of the molecule is CC(C)(C)c1cc2c(O)c(c1)Sc1cc3cc(c1O)Sc1cc(C(C)(C)C)cc(c1O)Sc1cc(cc(c1O)S2)C(C)(C)C3(C)C. The molecule has 2 aliphatic heterocycles. The third kappa shape index (κ3) is 5.57. The molecule has 4 N–H and O–H groups in total. The normalized spacial score (nSPS) is 16.8. The number of rotatable bonds is 0. The third-order valence-corrected chi connectivity index (χ3v) is 14.0. The highest BCUT2D eigenvalue weighted by Crippen LogP contribution is 2.57. The van der Waals surface area contributed by atoms with E-state index in [4.69, 9.17) is 0 Å². The second-order valence-corrected chi connectivity index (χ2v) is 19.8. The molecular formula is C38H42O4S4. The summed E-state index contributed by atoms with van der Waals surface area (Å²) in [6, 6.07) is 16.2. The van der Waals surface area contributed by atoms with Crippen molar-refractivity contribution in [2.24, 2.45) is 0 Å². The zero-order valence-corrected chi connectivity index (χ0v) is 31.3. The molecule has 0 aliphatic carbocycles. The van der Waals surface area contributed by atoms with Crippen LogP contribution in [0.3, 0.4) is 0 Å². The number of benzene rings is 4. The monoisotopic (exact) mass is 690 g/mol. The molecule has 0 spiro atoms. The van der Waals surface area contributed by atoms with Crippen molar-refractivity contribution in [2.75, 3.05) is 0 Å². The highest BCUT2D eigenvalue weighted by atomic mass is 32.2. The summed E-state index contributed by atoms with van der Waals surface area (Å²) in [6.07, 6.45) is 0. The summed E-state index contributed by atoms with van der Waals surface area (Å²) < 4.78 is 0. The standard InChI is InChI=1S/C38H42O4S4/c1-35(2,3)19-11-23-31(39)24(12-19)44-28-16-22-18-30(34(28)42)46-26-14-20(36(4,5)6)13-25(32(26)40)45-29-17-21(15-27(43-23)33(29)41)37(7,8)38(22,9)10/h11-18,39-42H,1-10H3. The number of phenolic OH excluding ortho intramolecular Hbond substituents is 4. The molecule has 2 aliphatic rings. The van der Waals surface area contributed by atoms with Crippen molar-refractivity contribution in [1.82, 2.24) is 0 Å². The highest BCUT2D eigenvalue weighted by Gasteiger charge is 2.42. The Morgan fingerprint density at radius 2 is 0.587 bits per heavy atom. The van der Waals surface area contributed by atoms with E-state index < -0.39 is 10.8 Å². The summed E-state index contributed by atoms with van der Waals surface area (Å²) in [5.74, 6) is 0.454. The molecule has 0 aromatic heterocycles. The summed E-state index contributed by atoms with van der Waals surface area (Å²) in [4.78, 5) is 5.05. The van der Waals surface area contributed by atoms with Crippen molar-refractivity contribution in [3.8, 4) is 23.0 Å². The van der Waals surface area contributed by atoms with Gasteiger partial charge in [-0.3, -0.25) is 0 Å². The van der Waals surface area contributed by atoms with Crippen LogP contribution in [-0.4, -0.2) is 20.4 Å². The molecule has 46 heavy (non-hydrogen) atoms. The van der Waals surface area contributed by atoms with Gasteiger partial charge in [0.1, 0.15) is 23.0 Å². The van der Waals surface area contributed by atoms with Crippen molar-refractivity contribution in [1.29, 1.82) is 0 Å². The molecule has 0 fully saturated rings. The Kier molecular flexibility index (Phi) is 7.99. The molecule has 0 saturated heterocycles. The Morgan fingerprint density at radius 1 is 0.391 bits per heavy atom. The Bertz CT molecular complexity index is 1680. The Hall–Kier alpha value is -2.52. The number of fused-ring (bicyclic) bond motifs is 9. The molecular weight excluding hydrogens is 649 g/mol. The minimum absolute atomic E-state index is 0.113. The van der Waals surface area contributed by atoms with Gasteiger partial charge in [-0.25, -0.2) is 0 Å². The largest absolute Gasteiger partial charge is 0.506 e. The molecule has 0 unspecified atom stereocenters. The second-order valence-electron chi connectivity index (χ2n) is 15.4. The van der Waals surface area contributed by atoms with Crippen LogP contribution in [0.5, 0.6) is 23.0 Å². The van der Waals surface area contributed by atoms with E-state index in [9.17, 15) is 20.4 Å². The van der Waals surface area contributed by atoms with Crippen molar-refractivity contribution < 1.29 is 20.4 Å². The first-order chi connectivity index (χ1) is 21.2. The summed E-state index contributed by atoms with van der Waals surface area (Å²) in [7, 11) is 0. The van der Waals surface area contributed by atoms with Gasteiger partial charge >= 0.3 is 0 Å². The van der Waals surface area contributed by atoms with E-state index in [0.29, 0.717) is 39.2 Å². The first-order valence-electron chi connectivity index (χ1n) is 15.4. The summed E-state index contributed by atoms with van der Waals surface area (Å²) in [6.45, 7) is 21.7. The minimum atomic E-state index is -0.442. The average Bonchev–Trinajstić information content (AvgIpc) is 2.94. The zero-order chi connectivity index (χ0) is 33.7. The van der Waals surface area contributed by atoms with E-state index in [0.717, 1.165) is 22.3 Å². The number of hydrogen-bond donors (Lipinski definition) is 4. The molecule has 242 valence electrons. The number of hydrogen-bond acceptors (Lipinski definition) is 8. The average molecular weight is 691 g/mol. The van der Waals surface area contributed by atoms with E-state index in [-0.39, 0.29) is 33.8 Å². The smallest absolute Gasteiger partial charge is 0.143 e. The van der Waals surface area contributed by atoms with E-state index >= 15 is 0 Å². The van der Waals surface area contributed by atoms with Crippen LogP contribution in [0.4, 0.5) is 0 Å². The molecule has 2 heterocycles. The van der Waals surface area contributed by atoms with Gasteiger partial charge in [0.25, 0.3) is 0 Å². The van der Waals surface area contributed by atoms with Crippen molar-refractivity contribution in [2.45, 2.75) is 130 Å². The van der Waals surface area contributed by atoms with Gasteiger partial charge in [0.15, 0.2) is 0 Å². The van der Waals surface area contributed by atoms with Gasteiger partial charge in [-0.1, -0.05) is 116 Å². The van der Waals surface area contributed by atoms with Gasteiger partial charge in [-0.15, -0.1) is 0 Å². The lowest BCUT2D eigenvalue weighted by Gasteiger charge is -2.43. The van der Waals surface area contributed by atoms with Crippen molar-refractivity contribution in [3.63, 3.8) is 0 Å². The summed E-state index contributed by atoms with van der Waals surface area (Å²) >= 11 is 5.38. The molecule has 6 rings (SSSR count). The molecule has 4 aromatic carbocycles. The zero-order valence-electron chi connectivity index (χ0n) is 28.0. The van der Waals surface area contributed by atoms with Crippen LogP contribution in [0.1, 0.15) is 91.5 Å². The number of phenols is 4. The van der Waals surface area contributed by atoms with Crippen LogP contribution >= 0.6 is 47.0 Å². The van der Waals surface area contributed by atoms with E-state index in [2.05, 4.69) is 69.2 Å². The Balaban J connectivity index is 1.80. The molecule has 0 radical (unpaired) electrons. The van der Waals surface area contributed by atoms with Gasteiger partial charge < -0.3 is 20.4 Å². The molecule has 0 amide bonds. The predicted octanol–water partition coefficient (Wildman–Crippen LogP) is 11.6. The molecule has 10 bridgehead atoms. The van der Waals surface area contributed by atoms with Crippen molar-refractivity contribution >= 4 is 47.0 Å². The van der Waals surface area contributed by atoms with Gasteiger partial charge in [0.2, 0.25) is 0 Å². The lowest BCUT2D eigenvalue weighted by Crippen LogP contribution is -2.40. The Morgan fingerprint density at radius 3 is 0.783 bits per heavy atom. The first-order valence-corrected chi connectivity index (χ1v) is 18.7. The lowest BCUT2D eigenvalue weighted by molar-refractivity contribution is 0.299. The van der Waals surface area contributed by atoms with Crippen LogP contribution in [0.25, 0.3) is 0 Å². The molecule has 4 nitrogen and oxygen atoms in total. The molecule has 0 atom stereocenters. The van der Waals surface area contributed by atoms with Crippen LogP contribution in [-0.2, 0) is 21.7 Å². The van der Waals surface area contributed by atoms with Crippen LogP contribution in [0.2, 0.25) is 0 Å². The second kappa shape index (κ2) is 11.0. The summed E-state index contributed by atoms with van der Waals surface area (Å²) in [5, 5.41) is 47.4.